The minimum Gasteiger partial charge on any atom is -0.394 e. The molecule has 0 fully saturated rings. The van der Waals surface area contributed by atoms with Crippen LogP contribution in [0, 0.1) is 0 Å². The van der Waals surface area contributed by atoms with Crippen molar-refractivity contribution in [3.63, 3.8) is 0 Å². The average Bonchev–Trinajstić information content (AvgIpc) is 2.76. The number of aliphatic hydroxyl groups is 1. The minimum atomic E-state index is -0.218. The fourth-order valence-corrected chi connectivity index (χ4v) is 3.75. The molecule has 0 saturated carbocycles. The molecular weight excluding hydrogens is 254 g/mol. The summed E-state index contributed by atoms with van der Waals surface area (Å²) in [5.41, 5.74) is -0.218. The number of aryl methyl sites for hydroxylation is 1. The van der Waals surface area contributed by atoms with E-state index < -0.39 is 0 Å². The first kappa shape index (κ1) is 14.9. The topological polar surface area (TPSA) is 58.0 Å². The fourth-order valence-electron chi connectivity index (χ4n) is 1.52. The molecule has 0 spiro atoms. The summed E-state index contributed by atoms with van der Waals surface area (Å²) >= 11 is 3.19. The van der Waals surface area contributed by atoms with Gasteiger partial charge in [-0.25, -0.2) is 4.98 Å². The van der Waals surface area contributed by atoms with Gasteiger partial charge in [0.2, 0.25) is 0 Å². The lowest BCUT2D eigenvalue weighted by Crippen LogP contribution is -2.45. The Morgan fingerprint density at radius 1 is 1.59 bits per heavy atom. The maximum atomic E-state index is 9.35. The molecule has 2 atom stereocenters. The Morgan fingerprint density at radius 2 is 2.29 bits per heavy atom. The number of nitrogens with zero attached hydrogens (tertiary/aromatic N) is 2. The highest BCUT2D eigenvalue weighted by molar-refractivity contribution is 8.01. The van der Waals surface area contributed by atoms with E-state index >= 15 is 0 Å². The maximum absolute atomic E-state index is 9.35. The van der Waals surface area contributed by atoms with Gasteiger partial charge in [-0.05, 0) is 31.9 Å². The number of thioether (sulfide) groups is 1. The summed E-state index contributed by atoms with van der Waals surface area (Å²) in [7, 11) is 1.88. The van der Waals surface area contributed by atoms with Crippen LogP contribution in [0.2, 0.25) is 0 Å². The zero-order chi connectivity index (χ0) is 12.9. The molecule has 4 nitrogen and oxygen atoms in total. The van der Waals surface area contributed by atoms with Crippen LogP contribution in [-0.2, 0) is 6.42 Å². The third-order valence-electron chi connectivity index (χ3n) is 2.76. The van der Waals surface area contributed by atoms with E-state index in [-0.39, 0.29) is 12.1 Å². The van der Waals surface area contributed by atoms with E-state index in [1.807, 2.05) is 14.0 Å². The Morgan fingerprint density at radius 3 is 2.76 bits per heavy atom. The van der Waals surface area contributed by atoms with Gasteiger partial charge in [0, 0.05) is 17.2 Å². The Hall–Kier alpha value is -0.170. The molecule has 0 saturated heterocycles. The zero-order valence-electron chi connectivity index (χ0n) is 10.9. The minimum absolute atomic E-state index is 0.144. The van der Waals surface area contributed by atoms with Gasteiger partial charge in [0.1, 0.15) is 5.82 Å². The Bertz CT molecular complexity index is 339. The summed E-state index contributed by atoms with van der Waals surface area (Å²) in [5, 5.41) is 12.9. The molecule has 0 amide bonds. The lowest BCUT2D eigenvalue weighted by Gasteiger charge is -2.29. The van der Waals surface area contributed by atoms with Crippen molar-refractivity contribution in [2.75, 3.05) is 13.7 Å². The van der Waals surface area contributed by atoms with Crippen LogP contribution in [0.4, 0.5) is 0 Å². The molecule has 0 bridgehead atoms. The molecular formula is C11H21N3OS2. The van der Waals surface area contributed by atoms with Gasteiger partial charge in [-0.15, -0.1) is 0 Å². The second-order valence-corrected chi connectivity index (χ2v) is 6.87. The summed E-state index contributed by atoms with van der Waals surface area (Å²) < 4.78 is 5.29. The SMILES string of the molecule is CCc1nsc(SC(C)CC(C)(CO)NC)n1. The van der Waals surface area contributed by atoms with Crippen LogP contribution in [0.5, 0.6) is 0 Å². The first-order chi connectivity index (χ1) is 8.03. The molecule has 98 valence electrons. The summed E-state index contributed by atoms with van der Waals surface area (Å²) in [6, 6.07) is 0. The van der Waals surface area contributed by atoms with Gasteiger partial charge in [0.05, 0.1) is 6.61 Å². The first-order valence-electron chi connectivity index (χ1n) is 5.82. The number of aromatic nitrogens is 2. The standard InChI is InChI=1S/C11H21N3OS2/c1-5-9-13-10(17-14-9)16-8(2)6-11(3,7-15)12-4/h8,12,15H,5-7H2,1-4H3. The molecule has 0 radical (unpaired) electrons. The van der Waals surface area contributed by atoms with Crippen LogP contribution in [0.15, 0.2) is 4.34 Å². The smallest absolute Gasteiger partial charge is 0.170 e. The van der Waals surface area contributed by atoms with Crippen LogP contribution in [-0.4, -0.2) is 38.9 Å². The molecule has 17 heavy (non-hydrogen) atoms. The molecule has 1 heterocycles. The van der Waals surface area contributed by atoms with Gasteiger partial charge in [0.25, 0.3) is 0 Å². The number of hydrogen-bond acceptors (Lipinski definition) is 6. The first-order valence-corrected chi connectivity index (χ1v) is 7.47. The Labute approximate surface area is 111 Å². The molecule has 0 aliphatic carbocycles. The van der Waals surface area contributed by atoms with Crippen LogP contribution in [0.1, 0.15) is 33.0 Å². The van der Waals surface area contributed by atoms with E-state index in [1.54, 1.807) is 11.8 Å². The third kappa shape index (κ3) is 4.54. The second kappa shape index (κ2) is 6.68. The maximum Gasteiger partial charge on any atom is 0.170 e. The van der Waals surface area contributed by atoms with Crippen molar-refractivity contribution in [2.24, 2.45) is 0 Å². The molecule has 1 aromatic rings. The van der Waals surface area contributed by atoms with Crippen molar-refractivity contribution in [2.45, 2.75) is 48.7 Å². The number of aliphatic hydroxyl groups excluding tert-OH is 1. The van der Waals surface area contributed by atoms with Gasteiger partial charge in [-0.2, -0.15) is 4.37 Å². The van der Waals surface area contributed by atoms with E-state index in [4.69, 9.17) is 0 Å². The molecule has 2 N–H and O–H groups in total. The summed E-state index contributed by atoms with van der Waals surface area (Å²) in [6.45, 7) is 6.39. The number of nitrogens with one attached hydrogen (secondary N) is 1. The van der Waals surface area contributed by atoms with E-state index in [2.05, 4.69) is 28.5 Å². The number of rotatable bonds is 7. The highest BCUT2D eigenvalue weighted by atomic mass is 32.2. The molecule has 1 rings (SSSR count). The van der Waals surface area contributed by atoms with E-state index in [9.17, 15) is 5.11 Å². The zero-order valence-corrected chi connectivity index (χ0v) is 12.5. The monoisotopic (exact) mass is 275 g/mol. The molecule has 2 unspecified atom stereocenters. The predicted octanol–water partition coefficient (Wildman–Crippen LogP) is 1.94. The largest absolute Gasteiger partial charge is 0.394 e. The molecule has 0 aliphatic heterocycles. The van der Waals surface area contributed by atoms with Gasteiger partial charge in [-0.1, -0.05) is 25.6 Å². The van der Waals surface area contributed by atoms with Crippen molar-refractivity contribution < 1.29 is 5.11 Å². The quantitative estimate of drug-likeness (QED) is 0.745. The van der Waals surface area contributed by atoms with Gasteiger partial charge >= 0.3 is 0 Å². The van der Waals surface area contributed by atoms with Gasteiger partial charge in [0.15, 0.2) is 4.34 Å². The third-order valence-corrected chi connectivity index (χ3v) is 4.68. The Kier molecular flexibility index (Phi) is 5.85. The number of hydrogen-bond donors (Lipinski definition) is 2. The highest BCUT2D eigenvalue weighted by Gasteiger charge is 2.24. The van der Waals surface area contributed by atoms with E-state index in [0.29, 0.717) is 5.25 Å². The van der Waals surface area contributed by atoms with E-state index in [0.717, 1.165) is 23.0 Å². The van der Waals surface area contributed by atoms with Crippen molar-refractivity contribution in [3.8, 4) is 0 Å². The van der Waals surface area contributed by atoms with Crippen molar-refractivity contribution in [1.29, 1.82) is 0 Å². The Balaban J connectivity index is 2.51. The molecule has 0 aliphatic rings. The lowest BCUT2D eigenvalue weighted by molar-refractivity contribution is 0.174. The highest BCUT2D eigenvalue weighted by Crippen LogP contribution is 2.29. The average molecular weight is 275 g/mol. The lowest BCUT2D eigenvalue weighted by atomic mass is 9.98. The van der Waals surface area contributed by atoms with Crippen LogP contribution in [0.25, 0.3) is 0 Å². The summed E-state index contributed by atoms with van der Waals surface area (Å²) in [6.07, 6.45) is 1.78. The summed E-state index contributed by atoms with van der Waals surface area (Å²) in [4.78, 5) is 4.44. The van der Waals surface area contributed by atoms with Crippen LogP contribution < -0.4 is 5.32 Å². The van der Waals surface area contributed by atoms with Crippen molar-refractivity contribution in [1.82, 2.24) is 14.7 Å². The van der Waals surface area contributed by atoms with Crippen molar-refractivity contribution in [3.05, 3.63) is 5.82 Å². The predicted molar refractivity (Wildman–Crippen MR) is 73.8 cm³/mol. The second-order valence-electron chi connectivity index (χ2n) is 4.43. The van der Waals surface area contributed by atoms with Gasteiger partial charge < -0.3 is 10.4 Å². The fraction of sp³-hybridized carbons (Fsp3) is 0.818. The number of likely N-dealkylation sites (N-methyl/N-ethyl adjacent to an activating group) is 1. The van der Waals surface area contributed by atoms with Crippen LogP contribution in [0.3, 0.4) is 0 Å². The van der Waals surface area contributed by atoms with E-state index in [1.165, 1.54) is 11.5 Å². The van der Waals surface area contributed by atoms with Crippen LogP contribution >= 0.6 is 23.3 Å². The summed E-state index contributed by atoms with van der Waals surface area (Å²) in [5.74, 6) is 0.920. The molecule has 0 aromatic carbocycles. The normalized spacial score (nSPS) is 16.8. The molecule has 1 aromatic heterocycles. The molecule has 6 heteroatoms. The van der Waals surface area contributed by atoms with Crippen molar-refractivity contribution >= 4 is 23.3 Å². The van der Waals surface area contributed by atoms with Gasteiger partial charge in [-0.3, -0.25) is 0 Å².